The molecule has 3 rings (SSSR count). The van der Waals surface area contributed by atoms with Gasteiger partial charge in [0.2, 0.25) is 0 Å². The first-order valence-electron chi connectivity index (χ1n) is 7.06. The van der Waals surface area contributed by atoms with E-state index in [-0.39, 0.29) is 0 Å². The second-order valence-electron chi connectivity index (χ2n) is 4.98. The number of carbonyl (C=O) groups is 2. The van der Waals surface area contributed by atoms with Crippen LogP contribution in [0.5, 0.6) is 0 Å². The molecule has 0 aliphatic rings. The van der Waals surface area contributed by atoms with Crippen LogP contribution in [0.3, 0.4) is 0 Å². The first-order valence-corrected chi connectivity index (χ1v) is 7.06. The minimum atomic E-state index is -0.694. The number of esters is 1. The van der Waals surface area contributed by atoms with Crippen molar-refractivity contribution in [3.63, 3.8) is 0 Å². The minimum Gasteiger partial charge on any atom is -0.452 e. The van der Waals surface area contributed by atoms with Gasteiger partial charge < -0.3 is 10.5 Å². The van der Waals surface area contributed by atoms with Crippen LogP contribution in [0.4, 0.5) is 0 Å². The van der Waals surface area contributed by atoms with Crippen LogP contribution >= 0.6 is 0 Å². The Morgan fingerprint density at radius 1 is 1.00 bits per heavy atom. The highest BCUT2D eigenvalue weighted by atomic mass is 16.5. The number of hydrogen-bond acceptors (Lipinski definition) is 4. The molecule has 0 spiro atoms. The van der Waals surface area contributed by atoms with Crippen molar-refractivity contribution in [2.45, 2.75) is 0 Å². The van der Waals surface area contributed by atoms with Crippen LogP contribution in [0.2, 0.25) is 0 Å². The molecular formula is C18H14N2O3. The van der Waals surface area contributed by atoms with Gasteiger partial charge in [-0.05, 0) is 12.1 Å². The van der Waals surface area contributed by atoms with Crippen molar-refractivity contribution < 1.29 is 14.3 Å². The number of rotatable bonds is 4. The first-order chi connectivity index (χ1) is 11.1. The third kappa shape index (κ3) is 3.18. The summed E-state index contributed by atoms with van der Waals surface area (Å²) >= 11 is 0. The Bertz CT molecular complexity index is 876. The van der Waals surface area contributed by atoms with Crippen LogP contribution in [0.15, 0.2) is 60.7 Å². The van der Waals surface area contributed by atoms with Crippen molar-refractivity contribution in [1.29, 1.82) is 0 Å². The quantitative estimate of drug-likeness (QED) is 0.751. The highest BCUT2D eigenvalue weighted by molar-refractivity contribution is 6.05. The van der Waals surface area contributed by atoms with Gasteiger partial charge in [0, 0.05) is 10.9 Å². The second-order valence-corrected chi connectivity index (χ2v) is 4.98. The Morgan fingerprint density at radius 2 is 1.70 bits per heavy atom. The Labute approximate surface area is 132 Å². The van der Waals surface area contributed by atoms with Crippen molar-refractivity contribution in [3.8, 4) is 11.3 Å². The maximum absolute atomic E-state index is 12.3. The zero-order chi connectivity index (χ0) is 16.2. The van der Waals surface area contributed by atoms with Crippen molar-refractivity contribution in [1.82, 2.24) is 4.98 Å². The number of nitrogens with two attached hydrogens (primary N) is 1. The summed E-state index contributed by atoms with van der Waals surface area (Å²) in [5.41, 5.74) is 7.61. The molecule has 3 aromatic rings. The molecule has 0 aliphatic carbocycles. The predicted molar refractivity (Wildman–Crippen MR) is 86.7 cm³/mol. The number of para-hydroxylation sites is 1. The molecule has 1 amide bonds. The zero-order valence-electron chi connectivity index (χ0n) is 12.2. The number of pyridine rings is 1. The van der Waals surface area contributed by atoms with Crippen LogP contribution in [-0.2, 0) is 9.53 Å². The number of ether oxygens (including phenoxy) is 1. The SMILES string of the molecule is NC(=O)COC(=O)c1cc(-c2ccccc2)nc2ccccc12. The topological polar surface area (TPSA) is 82.3 Å². The molecule has 5 heteroatoms. The maximum atomic E-state index is 12.3. The lowest BCUT2D eigenvalue weighted by atomic mass is 10.0. The number of aromatic nitrogens is 1. The van der Waals surface area contributed by atoms with E-state index in [9.17, 15) is 9.59 Å². The largest absolute Gasteiger partial charge is 0.452 e. The number of benzene rings is 2. The fourth-order valence-electron chi connectivity index (χ4n) is 2.32. The molecule has 2 aromatic carbocycles. The highest BCUT2D eigenvalue weighted by Gasteiger charge is 2.15. The third-order valence-corrected chi connectivity index (χ3v) is 3.35. The first kappa shape index (κ1) is 14.7. The van der Waals surface area contributed by atoms with Gasteiger partial charge in [0.05, 0.1) is 16.8 Å². The lowest BCUT2D eigenvalue weighted by Gasteiger charge is -2.09. The Balaban J connectivity index is 2.11. The number of carbonyl (C=O) groups excluding carboxylic acids is 2. The van der Waals surface area contributed by atoms with Crippen molar-refractivity contribution in [3.05, 3.63) is 66.2 Å². The summed E-state index contributed by atoms with van der Waals surface area (Å²) in [5.74, 6) is -1.29. The molecule has 114 valence electrons. The summed E-state index contributed by atoms with van der Waals surface area (Å²) in [5, 5.41) is 0.668. The molecule has 1 heterocycles. The molecule has 5 nitrogen and oxygen atoms in total. The normalized spacial score (nSPS) is 10.4. The fraction of sp³-hybridized carbons (Fsp3) is 0.0556. The van der Waals surface area contributed by atoms with E-state index < -0.39 is 18.5 Å². The van der Waals surface area contributed by atoms with E-state index in [1.165, 1.54) is 0 Å². The van der Waals surface area contributed by atoms with Crippen molar-refractivity contribution >= 4 is 22.8 Å². The average molecular weight is 306 g/mol. The molecule has 2 N–H and O–H groups in total. The summed E-state index contributed by atoms with van der Waals surface area (Å²) in [6.45, 7) is -0.448. The van der Waals surface area contributed by atoms with Gasteiger partial charge in [-0.1, -0.05) is 48.5 Å². The molecule has 0 aliphatic heterocycles. The predicted octanol–water partition coefficient (Wildman–Crippen LogP) is 2.54. The van der Waals surface area contributed by atoms with Crippen LogP contribution in [-0.4, -0.2) is 23.5 Å². The van der Waals surface area contributed by atoms with Gasteiger partial charge in [-0.15, -0.1) is 0 Å². The monoisotopic (exact) mass is 306 g/mol. The van der Waals surface area contributed by atoms with E-state index >= 15 is 0 Å². The van der Waals surface area contributed by atoms with E-state index in [1.54, 1.807) is 12.1 Å². The molecule has 0 fully saturated rings. The van der Waals surface area contributed by atoms with Gasteiger partial charge in [0.25, 0.3) is 5.91 Å². The lowest BCUT2D eigenvalue weighted by Crippen LogP contribution is -2.21. The molecule has 0 saturated carbocycles. The number of primary amides is 1. The molecule has 0 bridgehead atoms. The zero-order valence-corrected chi connectivity index (χ0v) is 12.2. The van der Waals surface area contributed by atoms with Gasteiger partial charge in [0.1, 0.15) is 0 Å². The summed E-state index contributed by atoms with van der Waals surface area (Å²) in [4.78, 5) is 27.7. The van der Waals surface area contributed by atoms with Gasteiger partial charge in [-0.2, -0.15) is 0 Å². The molecule has 0 radical (unpaired) electrons. The van der Waals surface area contributed by atoms with Gasteiger partial charge >= 0.3 is 5.97 Å². The Kier molecular flexibility index (Phi) is 4.01. The summed E-state index contributed by atoms with van der Waals surface area (Å²) in [7, 11) is 0. The van der Waals surface area contributed by atoms with E-state index in [4.69, 9.17) is 10.5 Å². The van der Waals surface area contributed by atoms with Gasteiger partial charge in [-0.25, -0.2) is 9.78 Å². The molecule has 0 unspecified atom stereocenters. The van der Waals surface area contributed by atoms with E-state index in [0.717, 1.165) is 5.56 Å². The van der Waals surface area contributed by atoms with Crippen LogP contribution in [0, 0.1) is 0 Å². The van der Waals surface area contributed by atoms with Crippen molar-refractivity contribution in [2.75, 3.05) is 6.61 Å². The number of fused-ring (bicyclic) bond motifs is 1. The Hall–Kier alpha value is -3.21. The summed E-state index contributed by atoms with van der Waals surface area (Å²) in [6.07, 6.45) is 0. The number of nitrogens with zero attached hydrogens (tertiary/aromatic N) is 1. The smallest absolute Gasteiger partial charge is 0.339 e. The third-order valence-electron chi connectivity index (χ3n) is 3.35. The summed E-state index contributed by atoms with van der Waals surface area (Å²) < 4.78 is 4.95. The minimum absolute atomic E-state index is 0.357. The second kappa shape index (κ2) is 6.27. The number of amides is 1. The molecule has 1 aromatic heterocycles. The van der Waals surface area contributed by atoms with E-state index in [0.29, 0.717) is 22.2 Å². The molecule has 0 atom stereocenters. The standard InChI is InChI=1S/C18H14N2O3/c19-17(21)11-23-18(22)14-10-16(12-6-2-1-3-7-12)20-15-9-5-4-8-13(14)15/h1-10H,11H2,(H2,19,21). The van der Waals surface area contributed by atoms with Gasteiger partial charge in [-0.3, -0.25) is 4.79 Å². The fourth-order valence-corrected chi connectivity index (χ4v) is 2.32. The Morgan fingerprint density at radius 3 is 2.43 bits per heavy atom. The summed E-state index contributed by atoms with van der Waals surface area (Å²) in [6, 6.07) is 18.5. The van der Waals surface area contributed by atoms with Crippen LogP contribution in [0.1, 0.15) is 10.4 Å². The average Bonchev–Trinajstić information content (AvgIpc) is 2.59. The molecular weight excluding hydrogens is 292 g/mol. The molecule has 0 saturated heterocycles. The highest BCUT2D eigenvalue weighted by Crippen LogP contribution is 2.25. The van der Waals surface area contributed by atoms with E-state index in [1.807, 2.05) is 48.5 Å². The van der Waals surface area contributed by atoms with Crippen LogP contribution < -0.4 is 5.73 Å². The van der Waals surface area contributed by atoms with Gasteiger partial charge in [0.15, 0.2) is 6.61 Å². The lowest BCUT2D eigenvalue weighted by molar-refractivity contribution is -0.121. The maximum Gasteiger partial charge on any atom is 0.339 e. The van der Waals surface area contributed by atoms with Crippen molar-refractivity contribution in [2.24, 2.45) is 5.73 Å². The van der Waals surface area contributed by atoms with Crippen LogP contribution in [0.25, 0.3) is 22.2 Å². The number of hydrogen-bond donors (Lipinski definition) is 1. The van der Waals surface area contributed by atoms with E-state index in [2.05, 4.69) is 4.98 Å². The molecule has 23 heavy (non-hydrogen) atoms.